The number of aryl methyl sites for hydroxylation is 1. The number of carbonyl (C=O) groups excluding carboxylic acids is 1. The van der Waals surface area contributed by atoms with Crippen LogP contribution in [-0.2, 0) is 24.2 Å². The van der Waals surface area contributed by atoms with Crippen molar-refractivity contribution in [3.63, 3.8) is 0 Å². The minimum atomic E-state index is -4.26. The summed E-state index contributed by atoms with van der Waals surface area (Å²) in [5.41, 5.74) is 4.17. The van der Waals surface area contributed by atoms with E-state index in [-0.39, 0.29) is 73.2 Å². The molecule has 218 valence electrons. The van der Waals surface area contributed by atoms with Crippen molar-refractivity contribution in [2.24, 2.45) is 11.8 Å². The van der Waals surface area contributed by atoms with E-state index in [0.717, 1.165) is 29.3 Å². The van der Waals surface area contributed by atoms with E-state index >= 15 is 0 Å². The molecule has 2 aromatic carbocycles. The number of rotatable bonds is 8. The number of hydrogen-bond donors (Lipinski definition) is 0. The molecule has 5 rings (SSSR count). The maximum Gasteiger partial charge on any atom is 1.00 e. The largest absolute Gasteiger partial charge is 1.00 e. The Morgan fingerprint density at radius 3 is 2.64 bits per heavy atom. The van der Waals surface area contributed by atoms with E-state index in [1.807, 2.05) is 30.3 Å². The van der Waals surface area contributed by atoms with Crippen molar-refractivity contribution in [1.82, 2.24) is 9.88 Å². The maximum absolute atomic E-state index is 15.0. The average Bonchev–Trinajstić information content (AvgIpc) is 3.42. The van der Waals surface area contributed by atoms with E-state index < -0.39 is 29.8 Å². The van der Waals surface area contributed by atoms with Crippen molar-refractivity contribution >= 4 is 5.97 Å². The van der Waals surface area contributed by atoms with E-state index in [1.165, 1.54) is 13.2 Å². The molecule has 1 aromatic heterocycles. The molecule has 0 amide bonds. The van der Waals surface area contributed by atoms with E-state index in [9.17, 15) is 27.5 Å². The molecule has 11 heteroatoms. The van der Waals surface area contributed by atoms with Gasteiger partial charge in [-0.25, -0.2) is 9.37 Å². The minimum absolute atomic E-state index is 0. The molecule has 0 radical (unpaired) electrons. The Morgan fingerprint density at radius 2 is 1.95 bits per heavy atom. The summed E-state index contributed by atoms with van der Waals surface area (Å²) in [6, 6.07) is 12.7. The molecule has 0 spiro atoms. The van der Waals surface area contributed by atoms with Crippen LogP contribution in [-0.4, -0.2) is 42.2 Å². The third kappa shape index (κ3) is 7.27. The predicted molar refractivity (Wildman–Crippen MR) is 142 cm³/mol. The summed E-state index contributed by atoms with van der Waals surface area (Å²) in [4.78, 5) is 16.9. The Balaban J connectivity index is 0.00000405. The maximum atomic E-state index is 15.0. The number of hydrogen-bond acceptors (Lipinski definition) is 6. The molecule has 0 aliphatic carbocycles. The quantitative estimate of drug-likeness (QED) is 0.295. The normalized spacial score (nSPS) is 19.4. The van der Waals surface area contributed by atoms with Gasteiger partial charge >= 0.3 is 35.7 Å². The first kappa shape index (κ1) is 32.3. The van der Waals surface area contributed by atoms with Crippen LogP contribution >= 0.6 is 0 Å². The van der Waals surface area contributed by atoms with Crippen molar-refractivity contribution < 1.29 is 66.5 Å². The molecule has 1 saturated heterocycles. The van der Waals surface area contributed by atoms with Crippen molar-refractivity contribution in [3.8, 4) is 22.8 Å². The monoisotopic (exact) mass is 594 g/mol. The summed E-state index contributed by atoms with van der Waals surface area (Å²) in [5, 5.41) is 11.2. The van der Waals surface area contributed by atoms with E-state index in [1.54, 1.807) is 17.9 Å². The van der Waals surface area contributed by atoms with Gasteiger partial charge < -0.3 is 19.4 Å². The Hall–Kier alpha value is -2.66. The average molecular weight is 595 g/mol. The zero-order chi connectivity index (χ0) is 29.3. The van der Waals surface area contributed by atoms with Gasteiger partial charge in [-0.3, -0.25) is 4.90 Å². The second-order valence-corrected chi connectivity index (χ2v) is 10.9. The summed E-state index contributed by atoms with van der Waals surface area (Å²) in [5.74, 6) is -2.80. The molecule has 6 nitrogen and oxygen atoms in total. The number of aromatic nitrogens is 1. The zero-order valence-electron chi connectivity index (χ0n) is 23.8. The van der Waals surface area contributed by atoms with Crippen molar-refractivity contribution in [2.75, 3.05) is 20.2 Å². The number of benzene rings is 2. The number of halogens is 4. The fraction of sp³-hybridized carbons (Fsp3) is 0.419. The number of pyridine rings is 1. The van der Waals surface area contributed by atoms with Crippen LogP contribution < -0.4 is 44.1 Å². The molecule has 42 heavy (non-hydrogen) atoms. The first-order chi connectivity index (χ1) is 19.5. The van der Waals surface area contributed by atoms with Gasteiger partial charge in [0.2, 0.25) is 5.88 Å². The zero-order valence-corrected chi connectivity index (χ0v) is 25.8. The first-order valence-corrected chi connectivity index (χ1v) is 13.6. The summed E-state index contributed by atoms with van der Waals surface area (Å²) >= 11 is 0. The molecule has 3 unspecified atom stereocenters. The molecule has 2 aliphatic heterocycles. The van der Waals surface area contributed by atoms with Gasteiger partial charge in [0, 0.05) is 30.7 Å². The Bertz CT molecular complexity index is 1430. The first-order valence-electron chi connectivity index (χ1n) is 13.6. The van der Waals surface area contributed by atoms with Gasteiger partial charge in [0.05, 0.1) is 19.2 Å². The number of carboxylic acid groups (broad SMARTS) is 1. The molecule has 2 aliphatic rings. The predicted octanol–water partition coefficient (Wildman–Crippen LogP) is 2.28. The van der Waals surface area contributed by atoms with Gasteiger partial charge in [-0.2, -0.15) is 13.2 Å². The molecular weight excluding hydrogens is 563 g/mol. The number of nitrogens with zero attached hydrogens (tertiary/aromatic N) is 2. The Morgan fingerprint density at radius 1 is 1.17 bits per heavy atom. The topological polar surface area (TPSA) is 74.7 Å². The Labute approximate surface area is 264 Å². The van der Waals surface area contributed by atoms with E-state index in [4.69, 9.17) is 9.47 Å². The summed E-state index contributed by atoms with van der Waals surface area (Å²) < 4.78 is 66.6. The molecule has 3 atom stereocenters. The fourth-order valence-electron chi connectivity index (χ4n) is 5.64. The second-order valence-electron chi connectivity index (χ2n) is 10.9. The molecule has 3 heterocycles. The van der Waals surface area contributed by atoms with Gasteiger partial charge in [-0.05, 0) is 72.0 Å². The molecule has 0 bridgehead atoms. The summed E-state index contributed by atoms with van der Waals surface area (Å²) in [7, 11) is 1.43. The van der Waals surface area contributed by atoms with Crippen molar-refractivity contribution in [2.45, 2.75) is 51.4 Å². The van der Waals surface area contributed by atoms with Gasteiger partial charge in [-0.1, -0.05) is 37.3 Å². The van der Waals surface area contributed by atoms with Crippen LogP contribution in [0.15, 0.2) is 48.7 Å². The number of alkyl halides is 3. The number of aliphatic carboxylic acids is 1. The van der Waals surface area contributed by atoms with Gasteiger partial charge in [-0.15, -0.1) is 0 Å². The molecule has 1 fully saturated rings. The third-order valence-electron chi connectivity index (χ3n) is 7.98. The second kappa shape index (κ2) is 13.3. The van der Waals surface area contributed by atoms with Crippen LogP contribution in [0, 0.1) is 17.7 Å². The number of methoxy groups -OCH3 is 1. The van der Waals surface area contributed by atoms with E-state index in [2.05, 4.69) is 4.98 Å². The van der Waals surface area contributed by atoms with Crippen LogP contribution in [0.25, 0.3) is 11.1 Å². The molecule has 0 N–H and O–H groups in total. The minimum Gasteiger partial charge on any atom is -0.550 e. The Kier molecular flexibility index (Phi) is 10.2. The molecular formula is C31H31F4N2NaO4. The summed E-state index contributed by atoms with van der Waals surface area (Å²) in [6.45, 7) is 1.99. The number of ether oxygens (including phenoxy) is 2. The van der Waals surface area contributed by atoms with E-state index in [0.29, 0.717) is 29.7 Å². The fourth-order valence-corrected chi connectivity index (χ4v) is 5.64. The van der Waals surface area contributed by atoms with Crippen molar-refractivity contribution in [1.29, 1.82) is 0 Å². The van der Waals surface area contributed by atoms with Gasteiger partial charge in [0.15, 0.2) is 0 Å². The smallest absolute Gasteiger partial charge is 0.550 e. The van der Waals surface area contributed by atoms with Crippen molar-refractivity contribution in [3.05, 3.63) is 76.7 Å². The van der Waals surface area contributed by atoms with Crippen LogP contribution in [0.4, 0.5) is 17.6 Å². The SMILES string of the molecule is COc1cc(-c2ccc(C3CCc4ccc(CC(C)C(=O)[O-])cc4O3)cc2CN2CCC(C(F)(F)F)C2)c(F)cn1.[Na+]. The van der Waals surface area contributed by atoms with Crippen LogP contribution in [0.1, 0.15) is 48.1 Å². The molecule has 3 aromatic rings. The third-order valence-corrected chi connectivity index (χ3v) is 7.98. The summed E-state index contributed by atoms with van der Waals surface area (Å²) in [6.07, 6.45) is -1.76. The number of likely N-dealkylation sites (tertiary alicyclic amines) is 1. The van der Waals surface area contributed by atoms with Crippen LogP contribution in [0.3, 0.4) is 0 Å². The number of carboxylic acids is 1. The standard InChI is InChI=1S/C31H32F4N2O4.Na/c1-18(30(38)39)11-19-3-4-20-6-8-27(41-28(20)12-19)21-5-7-24(25-14-29(40-2)36-15-26(25)32)22(13-21)16-37-10-9-23(17-37)31(33,34)35;/h3-5,7,12-15,18,23,27H,6,8-11,16-17H2,1-2H3,(H,38,39);/q;+1/p-1. The van der Waals surface area contributed by atoms with Crippen LogP contribution in [0.2, 0.25) is 0 Å². The van der Waals surface area contributed by atoms with Gasteiger partial charge in [0.25, 0.3) is 0 Å². The molecule has 0 saturated carbocycles. The van der Waals surface area contributed by atoms with Gasteiger partial charge in [0.1, 0.15) is 17.7 Å². The number of fused-ring (bicyclic) bond motifs is 1. The number of carbonyl (C=O) groups is 1. The van der Waals surface area contributed by atoms with Crippen LogP contribution in [0.5, 0.6) is 11.6 Å².